The van der Waals surface area contributed by atoms with Gasteiger partial charge in [0.2, 0.25) is 5.71 Å². The summed E-state index contributed by atoms with van der Waals surface area (Å²) < 4.78 is 45.5. The number of nitrogens with zero attached hydrogens (tertiary/aromatic N) is 3. The van der Waals surface area contributed by atoms with Gasteiger partial charge in [0.25, 0.3) is 5.69 Å². The highest BCUT2D eigenvalue weighted by Crippen LogP contribution is 2.37. The molecule has 0 atom stereocenters. The van der Waals surface area contributed by atoms with Crippen LogP contribution in [0.2, 0.25) is 0 Å². The van der Waals surface area contributed by atoms with Crippen molar-refractivity contribution in [2.75, 3.05) is 0 Å². The van der Waals surface area contributed by atoms with Gasteiger partial charge in [-0.05, 0) is 31.5 Å². The molecule has 1 aromatic carbocycles. The largest absolute Gasteiger partial charge is 0.423 e. The van der Waals surface area contributed by atoms with Gasteiger partial charge in [-0.3, -0.25) is 10.1 Å². The number of aryl methyl sites for hydroxylation is 2. The highest BCUT2D eigenvalue weighted by molar-refractivity contribution is 5.80. The Morgan fingerprint density at radius 1 is 1.24 bits per heavy atom. The summed E-state index contributed by atoms with van der Waals surface area (Å²) in [5, 5.41) is 15.3. The first-order chi connectivity index (χ1) is 11.6. The zero-order chi connectivity index (χ0) is 18.5. The van der Waals surface area contributed by atoms with Gasteiger partial charge < -0.3 is 4.42 Å². The molecule has 3 rings (SSSR count). The molecule has 25 heavy (non-hydrogen) atoms. The van der Waals surface area contributed by atoms with Crippen LogP contribution in [-0.2, 0) is 6.18 Å². The molecule has 0 aliphatic heterocycles. The molecule has 0 saturated carbocycles. The van der Waals surface area contributed by atoms with E-state index in [0.717, 1.165) is 16.8 Å². The Balaban J connectivity index is 2.29. The Bertz CT molecular complexity index is 1070. The highest BCUT2D eigenvalue weighted by atomic mass is 19.4. The van der Waals surface area contributed by atoms with E-state index in [-0.39, 0.29) is 11.4 Å². The van der Waals surface area contributed by atoms with Crippen molar-refractivity contribution < 1.29 is 22.5 Å². The zero-order valence-electron chi connectivity index (χ0n) is 12.9. The van der Waals surface area contributed by atoms with E-state index in [4.69, 9.17) is 4.42 Å². The number of aromatic nitrogens is 2. The molecular weight excluding hydrogens is 343 g/mol. The van der Waals surface area contributed by atoms with Gasteiger partial charge >= 0.3 is 11.8 Å². The van der Waals surface area contributed by atoms with E-state index in [1.165, 1.54) is 6.07 Å². The van der Waals surface area contributed by atoms with Gasteiger partial charge in [0.15, 0.2) is 0 Å². The van der Waals surface area contributed by atoms with E-state index in [9.17, 15) is 28.1 Å². The van der Waals surface area contributed by atoms with Gasteiger partial charge in [-0.15, -0.1) is 5.10 Å². The van der Waals surface area contributed by atoms with Gasteiger partial charge in [-0.1, -0.05) is 0 Å². The first-order valence-electron chi connectivity index (χ1n) is 6.95. The summed E-state index contributed by atoms with van der Waals surface area (Å²) in [5.41, 5.74) is -2.11. The third-order valence-corrected chi connectivity index (χ3v) is 3.74. The molecule has 10 heteroatoms. The SMILES string of the molecule is Cc1cc(=O)oc2nn(-c3ccc([N+](=O)[O-])c(C(F)(F)F)c3)c(C)c12. The monoisotopic (exact) mass is 353 g/mol. The standard InChI is InChI=1S/C15H10F3N3O4/c1-7-5-12(22)25-14-13(7)8(2)20(19-14)9-3-4-11(21(23)24)10(6-9)15(16,17)18/h3-6H,1-2H3. The lowest BCUT2D eigenvalue weighted by atomic mass is 10.1. The number of hydrogen-bond donors (Lipinski definition) is 0. The Hall–Kier alpha value is -3.17. The number of hydrogen-bond acceptors (Lipinski definition) is 5. The van der Waals surface area contributed by atoms with E-state index < -0.39 is 28.0 Å². The molecule has 0 aliphatic rings. The molecule has 0 saturated heterocycles. The Morgan fingerprint density at radius 3 is 2.52 bits per heavy atom. The van der Waals surface area contributed by atoms with Crippen molar-refractivity contribution in [1.29, 1.82) is 0 Å². The quantitative estimate of drug-likeness (QED) is 0.519. The maximum absolute atomic E-state index is 13.1. The molecule has 0 amide bonds. The minimum absolute atomic E-state index is 0.0191. The van der Waals surface area contributed by atoms with Crippen molar-refractivity contribution in [3.8, 4) is 5.69 Å². The Morgan fingerprint density at radius 2 is 1.92 bits per heavy atom. The number of halogens is 3. The molecule has 3 aromatic rings. The predicted molar refractivity (Wildman–Crippen MR) is 80.7 cm³/mol. The summed E-state index contributed by atoms with van der Waals surface area (Å²) in [6.07, 6.45) is -4.90. The second-order valence-corrected chi connectivity index (χ2v) is 5.38. The molecule has 2 aromatic heterocycles. The lowest BCUT2D eigenvalue weighted by Gasteiger charge is -2.10. The van der Waals surface area contributed by atoms with E-state index in [2.05, 4.69) is 5.10 Å². The minimum atomic E-state index is -4.90. The smallest absolute Gasteiger partial charge is 0.402 e. The van der Waals surface area contributed by atoms with Gasteiger partial charge in [-0.2, -0.15) is 13.2 Å². The number of benzene rings is 1. The summed E-state index contributed by atoms with van der Waals surface area (Å²) in [4.78, 5) is 21.2. The van der Waals surface area contributed by atoms with Crippen molar-refractivity contribution in [2.45, 2.75) is 20.0 Å². The molecule has 130 valence electrons. The van der Waals surface area contributed by atoms with Crippen molar-refractivity contribution in [3.05, 3.63) is 61.6 Å². The lowest BCUT2D eigenvalue weighted by molar-refractivity contribution is -0.388. The molecule has 0 radical (unpaired) electrons. The number of nitro benzene ring substituents is 1. The van der Waals surface area contributed by atoms with Crippen molar-refractivity contribution in [2.24, 2.45) is 0 Å². The average Bonchev–Trinajstić information content (AvgIpc) is 2.82. The fourth-order valence-electron chi connectivity index (χ4n) is 2.67. The number of fused-ring (bicyclic) bond motifs is 1. The highest BCUT2D eigenvalue weighted by Gasteiger charge is 2.38. The molecular formula is C15H10F3N3O4. The summed E-state index contributed by atoms with van der Waals surface area (Å²) in [6, 6.07) is 3.81. The normalized spacial score (nSPS) is 11.9. The average molecular weight is 353 g/mol. The predicted octanol–water partition coefficient (Wildman–Crippen LogP) is 3.52. The van der Waals surface area contributed by atoms with Crippen LogP contribution in [0.1, 0.15) is 16.8 Å². The Kier molecular flexibility index (Phi) is 3.62. The van der Waals surface area contributed by atoms with E-state index in [1.807, 2.05) is 0 Å². The van der Waals surface area contributed by atoms with E-state index in [0.29, 0.717) is 22.7 Å². The van der Waals surface area contributed by atoms with Crippen LogP contribution in [0.4, 0.5) is 18.9 Å². The van der Waals surface area contributed by atoms with Gasteiger partial charge in [0.05, 0.1) is 21.7 Å². The van der Waals surface area contributed by atoms with Crippen LogP contribution in [0.25, 0.3) is 16.8 Å². The van der Waals surface area contributed by atoms with Crippen molar-refractivity contribution >= 4 is 16.8 Å². The van der Waals surface area contributed by atoms with Crippen LogP contribution in [0.15, 0.2) is 33.5 Å². The fourth-order valence-corrected chi connectivity index (χ4v) is 2.67. The lowest BCUT2D eigenvalue weighted by Crippen LogP contribution is -2.10. The molecule has 0 bridgehead atoms. The molecule has 0 aliphatic carbocycles. The first kappa shape index (κ1) is 16.7. The second-order valence-electron chi connectivity index (χ2n) is 5.38. The number of alkyl halides is 3. The fraction of sp³-hybridized carbons (Fsp3) is 0.200. The van der Waals surface area contributed by atoms with Crippen LogP contribution in [0.3, 0.4) is 0 Å². The minimum Gasteiger partial charge on any atom is -0.402 e. The van der Waals surface area contributed by atoms with Gasteiger partial charge in [-0.25, -0.2) is 9.48 Å². The van der Waals surface area contributed by atoms with Crippen LogP contribution >= 0.6 is 0 Å². The van der Waals surface area contributed by atoms with Gasteiger partial charge in [0.1, 0.15) is 5.56 Å². The van der Waals surface area contributed by atoms with Crippen LogP contribution in [0.5, 0.6) is 0 Å². The summed E-state index contributed by atoms with van der Waals surface area (Å²) in [6.45, 7) is 3.24. The van der Waals surface area contributed by atoms with Crippen molar-refractivity contribution in [1.82, 2.24) is 9.78 Å². The molecule has 0 N–H and O–H groups in total. The zero-order valence-corrected chi connectivity index (χ0v) is 12.9. The van der Waals surface area contributed by atoms with Crippen LogP contribution in [-0.4, -0.2) is 14.7 Å². The van der Waals surface area contributed by atoms with Crippen molar-refractivity contribution in [3.63, 3.8) is 0 Å². The number of rotatable bonds is 2. The molecule has 7 nitrogen and oxygen atoms in total. The summed E-state index contributed by atoms with van der Waals surface area (Å²) in [5.74, 6) is 0. The molecule has 0 spiro atoms. The first-order valence-corrected chi connectivity index (χ1v) is 6.95. The maximum Gasteiger partial charge on any atom is 0.423 e. The third kappa shape index (κ3) is 2.75. The topological polar surface area (TPSA) is 91.2 Å². The summed E-state index contributed by atoms with van der Waals surface area (Å²) >= 11 is 0. The second kappa shape index (κ2) is 5.43. The van der Waals surface area contributed by atoms with Crippen LogP contribution in [0, 0.1) is 24.0 Å². The van der Waals surface area contributed by atoms with Crippen LogP contribution < -0.4 is 5.63 Å². The maximum atomic E-state index is 13.1. The number of nitro groups is 1. The molecule has 2 heterocycles. The summed E-state index contributed by atoms with van der Waals surface area (Å²) in [7, 11) is 0. The molecule has 0 unspecified atom stereocenters. The third-order valence-electron chi connectivity index (χ3n) is 3.74. The van der Waals surface area contributed by atoms with E-state index in [1.54, 1.807) is 13.8 Å². The molecule has 0 fully saturated rings. The van der Waals surface area contributed by atoms with E-state index >= 15 is 0 Å². The Labute approximate surface area is 137 Å². The van der Waals surface area contributed by atoms with Gasteiger partial charge in [0, 0.05) is 12.1 Å².